The third-order valence-electron chi connectivity index (χ3n) is 3.94. The zero-order chi connectivity index (χ0) is 8.44. The molecule has 0 aromatic rings. The Kier molecular flexibility index (Phi) is 2.20. The topological polar surface area (TPSA) is 17.1 Å². The minimum absolute atomic E-state index is 0.135. The highest BCUT2D eigenvalue weighted by atomic mass is 16.1. The Hall–Kier alpha value is -0.330. The second-order valence-electron chi connectivity index (χ2n) is 4.54. The van der Waals surface area contributed by atoms with Crippen molar-refractivity contribution >= 4 is 6.29 Å². The van der Waals surface area contributed by atoms with Crippen LogP contribution in [0.5, 0.6) is 0 Å². The molecule has 1 heteroatoms. The maximum atomic E-state index is 11.1. The van der Waals surface area contributed by atoms with E-state index in [1.54, 1.807) is 0 Å². The molecule has 0 aromatic carbocycles. The van der Waals surface area contributed by atoms with Crippen LogP contribution >= 0.6 is 0 Å². The molecule has 0 aromatic heterocycles. The standard InChI is InChI=1S/C11H18O/c12-9-11(10-5-4-6-10)7-2-1-3-8-11/h9-10H,1-8H2. The first-order valence-corrected chi connectivity index (χ1v) is 5.34. The molecule has 68 valence electrons. The Morgan fingerprint density at radius 1 is 1.00 bits per heavy atom. The summed E-state index contributed by atoms with van der Waals surface area (Å²) in [4.78, 5) is 11.1. The molecule has 0 bridgehead atoms. The number of hydrogen-bond donors (Lipinski definition) is 0. The first-order valence-electron chi connectivity index (χ1n) is 5.34. The van der Waals surface area contributed by atoms with Crippen molar-refractivity contribution in [3.05, 3.63) is 0 Å². The van der Waals surface area contributed by atoms with E-state index in [-0.39, 0.29) is 5.41 Å². The summed E-state index contributed by atoms with van der Waals surface area (Å²) in [6, 6.07) is 0. The van der Waals surface area contributed by atoms with Gasteiger partial charge in [0, 0.05) is 5.41 Å². The summed E-state index contributed by atoms with van der Waals surface area (Å²) in [6.07, 6.45) is 11.6. The highest BCUT2D eigenvalue weighted by Gasteiger charge is 2.42. The van der Waals surface area contributed by atoms with Crippen LogP contribution in [0.2, 0.25) is 0 Å². The smallest absolute Gasteiger partial charge is 0.126 e. The van der Waals surface area contributed by atoms with Crippen LogP contribution in [0.3, 0.4) is 0 Å². The summed E-state index contributed by atoms with van der Waals surface area (Å²) < 4.78 is 0. The summed E-state index contributed by atoms with van der Waals surface area (Å²) in [5, 5.41) is 0. The lowest BCUT2D eigenvalue weighted by Gasteiger charge is -2.44. The third kappa shape index (κ3) is 1.19. The van der Waals surface area contributed by atoms with Crippen molar-refractivity contribution in [3.63, 3.8) is 0 Å². The Morgan fingerprint density at radius 2 is 1.67 bits per heavy atom. The van der Waals surface area contributed by atoms with Crippen molar-refractivity contribution in [2.75, 3.05) is 0 Å². The van der Waals surface area contributed by atoms with E-state index in [0.717, 1.165) is 5.92 Å². The van der Waals surface area contributed by atoms with Crippen molar-refractivity contribution in [1.82, 2.24) is 0 Å². The van der Waals surface area contributed by atoms with Gasteiger partial charge in [0.2, 0.25) is 0 Å². The van der Waals surface area contributed by atoms with Crippen LogP contribution < -0.4 is 0 Å². The lowest BCUT2D eigenvalue weighted by atomic mass is 9.60. The lowest BCUT2D eigenvalue weighted by molar-refractivity contribution is -0.123. The molecule has 0 unspecified atom stereocenters. The number of hydrogen-bond acceptors (Lipinski definition) is 1. The van der Waals surface area contributed by atoms with Crippen molar-refractivity contribution < 1.29 is 4.79 Å². The molecule has 0 aliphatic heterocycles. The summed E-state index contributed by atoms with van der Waals surface area (Å²) in [5.74, 6) is 0.760. The van der Waals surface area contributed by atoms with Gasteiger partial charge in [0.25, 0.3) is 0 Å². The Labute approximate surface area is 74.5 Å². The van der Waals surface area contributed by atoms with E-state index < -0.39 is 0 Å². The first-order chi connectivity index (χ1) is 5.87. The van der Waals surface area contributed by atoms with Gasteiger partial charge in [-0.2, -0.15) is 0 Å². The van der Waals surface area contributed by atoms with E-state index in [0.29, 0.717) is 0 Å². The molecule has 0 N–H and O–H groups in total. The SMILES string of the molecule is O=CC1(C2CCC2)CCCCC1. The molecule has 0 amide bonds. The van der Waals surface area contributed by atoms with E-state index in [1.165, 1.54) is 57.7 Å². The van der Waals surface area contributed by atoms with E-state index in [9.17, 15) is 4.79 Å². The quantitative estimate of drug-likeness (QED) is 0.576. The fourth-order valence-corrected chi connectivity index (χ4v) is 2.82. The Balaban J connectivity index is 2.05. The molecular weight excluding hydrogens is 148 g/mol. The molecule has 2 saturated carbocycles. The molecule has 0 heterocycles. The molecule has 2 aliphatic rings. The van der Waals surface area contributed by atoms with E-state index in [4.69, 9.17) is 0 Å². The summed E-state index contributed by atoms with van der Waals surface area (Å²) >= 11 is 0. The molecule has 0 spiro atoms. The van der Waals surface area contributed by atoms with Gasteiger partial charge in [0.1, 0.15) is 6.29 Å². The minimum Gasteiger partial charge on any atom is -0.303 e. The molecule has 2 rings (SSSR count). The van der Waals surface area contributed by atoms with Crippen LogP contribution in [0.25, 0.3) is 0 Å². The van der Waals surface area contributed by atoms with Crippen molar-refractivity contribution in [2.45, 2.75) is 51.4 Å². The van der Waals surface area contributed by atoms with E-state index in [1.807, 2.05) is 0 Å². The molecule has 2 fully saturated rings. The van der Waals surface area contributed by atoms with Crippen LogP contribution in [0.15, 0.2) is 0 Å². The summed E-state index contributed by atoms with van der Waals surface area (Å²) in [5.41, 5.74) is 0.135. The zero-order valence-corrected chi connectivity index (χ0v) is 7.72. The number of carbonyl (C=O) groups excluding carboxylic acids is 1. The normalized spacial score (nSPS) is 29.3. The van der Waals surface area contributed by atoms with Crippen LogP contribution in [-0.2, 0) is 4.79 Å². The minimum atomic E-state index is 0.135. The van der Waals surface area contributed by atoms with E-state index in [2.05, 4.69) is 0 Å². The highest BCUT2D eigenvalue weighted by Crippen LogP contribution is 2.49. The van der Waals surface area contributed by atoms with Crippen molar-refractivity contribution in [2.24, 2.45) is 11.3 Å². The zero-order valence-electron chi connectivity index (χ0n) is 7.72. The second kappa shape index (κ2) is 3.20. The predicted octanol–water partition coefficient (Wildman–Crippen LogP) is 2.94. The Morgan fingerprint density at radius 3 is 2.08 bits per heavy atom. The maximum absolute atomic E-state index is 11.1. The summed E-state index contributed by atoms with van der Waals surface area (Å²) in [7, 11) is 0. The van der Waals surface area contributed by atoms with Crippen molar-refractivity contribution in [1.29, 1.82) is 0 Å². The average Bonchev–Trinajstić information content (AvgIpc) is 2.03. The van der Waals surface area contributed by atoms with Gasteiger partial charge in [0.05, 0.1) is 0 Å². The molecule has 0 radical (unpaired) electrons. The van der Waals surface area contributed by atoms with Gasteiger partial charge in [-0.05, 0) is 31.6 Å². The second-order valence-corrected chi connectivity index (χ2v) is 4.54. The molecule has 0 saturated heterocycles. The predicted molar refractivity (Wildman–Crippen MR) is 48.9 cm³/mol. The van der Waals surface area contributed by atoms with Crippen LogP contribution in [0.1, 0.15) is 51.4 Å². The fourth-order valence-electron chi connectivity index (χ4n) is 2.82. The van der Waals surface area contributed by atoms with Gasteiger partial charge in [-0.15, -0.1) is 0 Å². The first kappa shape index (κ1) is 8.28. The summed E-state index contributed by atoms with van der Waals surface area (Å²) in [6.45, 7) is 0. The van der Waals surface area contributed by atoms with Gasteiger partial charge in [-0.25, -0.2) is 0 Å². The van der Waals surface area contributed by atoms with Crippen LogP contribution in [0.4, 0.5) is 0 Å². The van der Waals surface area contributed by atoms with Crippen molar-refractivity contribution in [3.8, 4) is 0 Å². The van der Waals surface area contributed by atoms with Gasteiger partial charge >= 0.3 is 0 Å². The van der Waals surface area contributed by atoms with E-state index >= 15 is 0 Å². The van der Waals surface area contributed by atoms with Gasteiger partial charge in [0.15, 0.2) is 0 Å². The lowest BCUT2D eigenvalue weighted by Crippen LogP contribution is -2.38. The molecule has 0 atom stereocenters. The largest absolute Gasteiger partial charge is 0.303 e. The van der Waals surface area contributed by atoms with Gasteiger partial charge in [-0.1, -0.05) is 25.7 Å². The number of aldehydes is 1. The average molecular weight is 166 g/mol. The third-order valence-corrected chi connectivity index (χ3v) is 3.94. The molecule has 1 nitrogen and oxygen atoms in total. The van der Waals surface area contributed by atoms with Gasteiger partial charge in [-0.3, -0.25) is 0 Å². The number of carbonyl (C=O) groups is 1. The fraction of sp³-hybridized carbons (Fsp3) is 0.909. The molecule has 12 heavy (non-hydrogen) atoms. The maximum Gasteiger partial charge on any atom is 0.126 e. The highest BCUT2D eigenvalue weighted by molar-refractivity contribution is 5.60. The van der Waals surface area contributed by atoms with Gasteiger partial charge < -0.3 is 4.79 Å². The molecule has 2 aliphatic carbocycles. The number of rotatable bonds is 2. The molecular formula is C11H18O. The van der Waals surface area contributed by atoms with Crippen LogP contribution in [-0.4, -0.2) is 6.29 Å². The monoisotopic (exact) mass is 166 g/mol. The van der Waals surface area contributed by atoms with Crippen LogP contribution in [0, 0.1) is 11.3 Å². The Bertz CT molecular complexity index is 164.